The molecule has 1 unspecified atom stereocenters. The fourth-order valence-corrected chi connectivity index (χ4v) is 4.62. The minimum atomic E-state index is -1.02. The molecule has 0 aliphatic heterocycles. The maximum Gasteiger partial charge on any atom is 0.326 e. The van der Waals surface area contributed by atoms with Crippen LogP contribution in [0.4, 0.5) is 11.4 Å². The maximum absolute atomic E-state index is 13.1. The molecule has 0 radical (unpaired) electrons. The molecule has 0 saturated heterocycles. The number of carbonyl (C=O) groups is 3. The topological polar surface area (TPSA) is 95.9 Å². The Labute approximate surface area is 246 Å². The number of unbranched alkanes of at least 4 members (excludes halogenated alkanes) is 1. The Morgan fingerprint density at radius 1 is 0.833 bits per heavy atom. The minimum absolute atomic E-state index is 0.0706. The van der Waals surface area contributed by atoms with Gasteiger partial charge in [0.2, 0.25) is 5.91 Å². The molecule has 0 saturated carbocycles. The predicted octanol–water partition coefficient (Wildman–Crippen LogP) is 6.63. The first-order valence-corrected chi connectivity index (χ1v) is 14.2. The van der Waals surface area contributed by atoms with E-state index in [0.29, 0.717) is 42.1 Å². The van der Waals surface area contributed by atoms with Crippen LogP contribution < -0.4 is 15.0 Å². The van der Waals surface area contributed by atoms with Crippen LogP contribution in [0.25, 0.3) is 0 Å². The van der Waals surface area contributed by atoms with Crippen LogP contribution in [0.2, 0.25) is 0 Å². The molecule has 216 valence electrons. The Bertz CT molecular complexity index is 1460. The van der Waals surface area contributed by atoms with Gasteiger partial charge in [-0.2, -0.15) is 0 Å². The molecule has 42 heavy (non-hydrogen) atoms. The number of aliphatic carboxylic acids is 1. The van der Waals surface area contributed by atoms with Gasteiger partial charge in [-0.3, -0.25) is 9.59 Å². The fraction of sp³-hybridized carbons (Fsp3) is 0.229. The van der Waals surface area contributed by atoms with Crippen molar-refractivity contribution in [2.45, 2.75) is 38.6 Å². The van der Waals surface area contributed by atoms with E-state index in [9.17, 15) is 19.5 Å². The van der Waals surface area contributed by atoms with Crippen molar-refractivity contribution >= 4 is 29.0 Å². The number of amides is 1. The van der Waals surface area contributed by atoms with Gasteiger partial charge in [-0.05, 0) is 48.4 Å². The minimum Gasteiger partial charge on any atom is -0.492 e. The van der Waals surface area contributed by atoms with Gasteiger partial charge < -0.3 is 20.1 Å². The Morgan fingerprint density at radius 2 is 1.48 bits per heavy atom. The van der Waals surface area contributed by atoms with Crippen molar-refractivity contribution in [1.29, 1.82) is 0 Å². The lowest BCUT2D eigenvalue weighted by Crippen LogP contribution is -2.34. The molecule has 1 amide bonds. The van der Waals surface area contributed by atoms with E-state index in [1.165, 1.54) is 0 Å². The molecular weight excluding hydrogens is 528 g/mol. The molecule has 0 heterocycles. The lowest BCUT2D eigenvalue weighted by atomic mass is 10.00. The molecule has 1 atom stereocenters. The zero-order chi connectivity index (χ0) is 29.7. The average molecular weight is 565 g/mol. The first kappa shape index (κ1) is 30.1. The summed E-state index contributed by atoms with van der Waals surface area (Å²) in [5.74, 6) is -0.499. The van der Waals surface area contributed by atoms with Gasteiger partial charge in [-0.15, -0.1) is 0 Å². The Hall–Kier alpha value is -4.91. The zero-order valence-corrected chi connectivity index (χ0v) is 23.7. The summed E-state index contributed by atoms with van der Waals surface area (Å²) in [7, 11) is 0. The second-order valence-electron chi connectivity index (χ2n) is 9.96. The summed E-state index contributed by atoms with van der Waals surface area (Å²) in [6, 6.07) is 31.7. The summed E-state index contributed by atoms with van der Waals surface area (Å²) in [5.41, 5.74) is 3.06. The summed E-state index contributed by atoms with van der Waals surface area (Å²) in [5, 5.41) is 13.0. The van der Waals surface area contributed by atoms with Crippen molar-refractivity contribution in [3.8, 4) is 5.75 Å². The largest absolute Gasteiger partial charge is 0.492 e. The molecule has 0 bridgehead atoms. The van der Waals surface area contributed by atoms with E-state index in [-0.39, 0.29) is 18.1 Å². The molecule has 0 aliphatic carbocycles. The van der Waals surface area contributed by atoms with Crippen molar-refractivity contribution in [3.63, 3.8) is 0 Å². The SMILES string of the molecule is CCCCC(=O)N(CCOc1ccc(CC(Nc2ccccc2C(=O)c2ccccc2)C(=O)O)cc1)c1ccccc1. The molecule has 4 aromatic carbocycles. The van der Waals surface area contributed by atoms with E-state index < -0.39 is 12.0 Å². The number of benzene rings is 4. The molecule has 0 spiro atoms. The number of carboxylic acids is 1. The number of ether oxygens (including phenoxy) is 1. The summed E-state index contributed by atoms with van der Waals surface area (Å²) in [4.78, 5) is 39.8. The molecular formula is C35H36N2O5. The zero-order valence-electron chi connectivity index (χ0n) is 23.7. The van der Waals surface area contributed by atoms with E-state index in [0.717, 1.165) is 24.1 Å². The summed E-state index contributed by atoms with van der Waals surface area (Å²) < 4.78 is 5.94. The van der Waals surface area contributed by atoms with E-state index in [1.54, 1.807) is 65.6 Å². The van der Waals surface area contributed by atoms with Gasteiger partial charge in [-0.25, -0.2) is 4.79 Å². The van der Waals surface area contributed by atoms with E-state index in [2.05, 4.69) is 12.2 Å². The quantitative estimate of drug-likeness (QED) is 0.157. The number of ketones is 1. The highest BCUT2D eigenvalue weighted by Crippen LogP contribution is 2.22. The molecule has 0 aliphatic rings. The molecule has 4 rings (SSSR count). The normalized spacial score (nSPS) is 11.4. The summed E-state index contributed by atoms with van der Waals surface area (Å²) in [6.45, 7) is 2.80. The Balaban J connectivity index is 1.38. The maximum atomic E-state index is 13.1. The lowest BCUT2D eigenvalue weighted by Gasteiger charge is -2.23. The van der Waals surface area contributed by atoms with E-state index in [4.69, 9.17) is 4.74 Å². The molecule has 4 aromatic rings. The lowest BCUT2D eigenvalue weighted by molar-refractivity contribution is -0.137. The average Bonchev–Trinajstić information content (AvgIpc) is 3.03. The highest BCUT2D eigenvalue weighted by atomic mass is 16.5. The Kier molecular flexibility index (Phi) is 10.9. The predicted molar refractivity (Wildman–Crippen MR) is 165 cm³/mol. The van der Waals surface area contributed by atoms with Gasteiger partial charge in [0.25, 0.3) is 0 Å². The number of nitrogens with one attached hydrogen (secondary N) is 1. The second kappa shape index (κ2) is 15.2. The van der Waals surface area contributed by atoms with Gasteiger partial charge in [-0.1, -0.05) is 86.1 Å². The molecule has 7 nitrogen and oxygen atoms in total. The van der Waals surface area contributed by atoms with Crippen molar-refractivity contribution in [2.24, 2.45) is 0 Å². The third-order valence-corrected chi connectivity index (χ3v) is 6.90. The first-order chi connectivity index (χ1) is 20.5. The van der Waals surface area contributed by atoms with Crippen molar-refractivity contribution in [1.82, 2.24) is 0 Å². The number of anilines is 2. The molecule has 0 fully saturated rings. The van der Waals surface area contributed by atoms with Crippen LogP contribution in [0.1, 0.15) is 47.7 Å². The van der Waals surface area contributed by atoms with Gasteiger partial charge in [0.05, 0.1) is 6.54 Å². The van der Waals surface area contributed by atoms with Crippen molar-refractivity contribution in [2.75, 3.05) is 23.4 Å². The van der Waals surface area contributed by atoms with Crippen LogP contribution in [-0.4, -0.2) is 42.0 Å². The number of para-hydroxylation sites is 2. The van der Waals surface area contributed by atoms with Crippen LogP contribution in [0.15, 0.2) is 109 Å². The van der Waals surface area contributed by atoms with E-state index >= 15 is 0 Å². The van der Waals surface area contributed by atoms with Gasteiger partial charge in [0.1, 0.15) is 18.4 Å². The van der Waals surface area contributed by atoms with E-state index in [1.807, 2.05) is 48.5 Å². The monoisotopic (exact) mass is 564 g/mol. The number of carbonyl (C=O) groups excluding carboxylic acids is 2. The third kappa shape index (κ3) is 8.30. The van der Waals surface area contributed by atoms with Crippen molar-refractivity contribution < 1.29 is 24.2 Å². The highest BCUT2D eigenvalue weighted by Gasteiger charge is 2.21. The summed E-state index contributed by atoms with van der Waals surface area (Å²) >= 11 is 0. The standard InChI is InChI=1S/C35H36N2O5/c1-2-3-18-33(38)37(28-14-8-5-9-15-28)23-24-42-29-21-19-26(20-22-29)25-32(35(40)41)36-31-17-11-10-16-30(31)34(39)27-12-6-4-7-13-27/h4-17,19-22,32,36H,2-3,18,23-25H2,1H3,(H,40,41). The van der Waals surface area contributed by atoms with Gasteiger partial charge >= 0.3 is 5.97 Å². The summed E-state index contributed by atoms with van der Waals surface area (Å²) in [6.07, 6.45) is 2.49. The molecule has 7 heteroatoms. The number of hydrogen-bond donors (Lipinski definition) is 2. The smallest absolute Gasteiger partial charge is 0.326 e. The van der Waals surface area contributed by atoms with Crippen LogP contribution in [0.3, 0.4) is 0 Å². The first-order valence-electron chi connectivity index (χ1n) is 14.2. The second-order valence-corrected chi connectivity index (χ2v) is 9.96. The number of nitrogens with zero attached hydrogens (tertiary/aromatic N) is 1. The van der Waals surface area contributed by atoms with Crippen LogP contribution >= 0.6 is 0 Å². The number of hydrogen-bond acceptors (Lipinski definition) is 5. The van der Waals surface area contributed by atoms with Gasteiger partial charge in [0.15, 0.2) is 5.78 Å². The van der Waals surface area contributed by atoms with Crippen LogP contribution in [-0.2, 0) is 16.0 Å². The highest BCUT2D eigenvalue weighted by molar-refractivity contribution is 6.12. The van der Waals surface area contributed by atoms with Crippen LogP contribution in [0, 0.1) is 0 Å². The third-order valence-electron chi connectivity index (χ3n) is 6.90. The number of carboxylic acid groups (broad SMARTS) is 1. The van der Waals surface area contributed by atoms with Crippen molar-refractivity contribution in [3.05, 3.63) is 126 Å². The molecule has 2 N–H and O–H groups in total. The molecule has 0 aromatic heterocycles. The Morgan fingerprint density at radius 3 is 2.14 bits per heavy atom. The van der Waals surface area contributed by atoms with Gasteiger partial charge in [0, 0.05) is 35.3 Å². The van der Waals surface area contributed by atoms with Crippen LogP contribution in [0.5, 0.6) is 5.75 Å². The number of rotatable bonds is 15. The fourth-order valence-electron chi connectivity index (χ4n) is 4.62.